The molecule has 3 rings (SSSR count). The van der Waals surface area contributed by atoms with Crippen molar-refractivity contribution in [1.29, 1.82) is 0 Å². The average Bonchev–Trinajstić information content (AvgIpc) is 3.25. The molecule has 9 heteroatoms. The highest BCUT2D eigenvalue weighted by Gasteiger charge is 2.77. The van der Waals surface area contributed by atoms with Gasteiger partial charge in [-0.1, -0.05) is 13.8 Å². The molecule has 0 aromatic rings. The van der Waals surface area contributed by atoms with Crippen LogP contribution in [0.2, 0.25) is 0 Å². The van der Waals surface area contributed by atoms with Crippen molar-refractivity contribution in [2.24, 2.45) is 17.3 Å². The fraction of sp³-hybridized carbons (Fsp3) is 0.875. The second kappa shape index (κ2) is 5.70. The van der Waals surface area contributed by atoms with Crippen LogP contribution in [0.15, 0.2) is 0 Å². The first-order valence-corrected chi connectivity index (χ1v) is 8.30. The van der Waals surface area contributed by atoms with Gasteiger partial charge < -0.3 is 35.0 Å². The molecule has 0 aromatic heterocycles. The third kappa shape index (κ3) is 2.45. The Morgan fingerprint density at radius 2 is 1.84 bits per heavy atom. The first kappa shape index (κ1) is 18.7. The molecular weight excluding hydrogens is 336 g/mol. The van der Waals surface area contributed by atoms with Gasteiger partial charge in [-0.3, -0.25) is 4.79 Å². The average molecular weight is 360 g/mol. The molecule has 9 atom stereocenters. The van der Waals surface area contributed by atoms with E-state index in [1.807, 2.05) is 13.8 Å². The van der Waals surface area contributed by atoms with E-state index in [1.54, 1.807) is 0 Å². The highest BCUT2D eigenvalue weighted by Crippen LogP contribution is 2.70. The molecule has 0 amide bonds. The van der Waals surface area contributed by atoms with E-state index >= 15 is 0 Å². The van der Waals surface area contributed by atoms with Crippen molar-refractivity contribution in [2.75, 3.05) is 0 Å². The molecule has 9 nitrogen and oxygen atoms in total. The molecule has 1 saturated heterocycles. The van der Waals surface area contributed by atoms with Gasteiger partial charge in [-0.05, 0) is 19.3 Å². The second-order valence-electron chi connectivity index (χ2n) is 7.79. The van der Waals surface area contributed by atoms with Crippen LogP contribution in [0.4, 0.5) is 0 Å². The van der Waals surface area contributed by atoms with E-state index in [2.05, 4.69) is 0 Å². The number of rotatable bonds is 4. The summed E-state index contributed by atoms with van der Waals surface area (Å²) in [5, 5.41) is 49.2. The summed E-state index contributed by atoms with van der Waals surface area (Å²) in [6.45, 7) is 5.20. The molecular formula is C16H24O9. The number of hydrogen-bond donors (Lipinski definition) is 5. The van der Waals surface area contributed by atoms with Crippen molar-refractivity contribution in [3.63, 3.8) is 0 Å². The first-order valence-electron chi connectivity index (χ1n) is 8.30. The van der Waals surface area contributed by atoms with Gasteiger partial charge in [0.05, 0.1) is 0 Å². The van der Waals surface area contributed by atoms with Gasteiger partial charge in [-0.2, -0.15) is 0 Å². The van der Waals surface area contributed by atoms with Crippen molar-refractivity contribution in [3.8, 4) is 0 Å². The SMILES string of the molecule is CC(C)[C@@]12C[C@@H]1[C@](C)(O)C(=O)[C@H]2OC1O[C@H](C(=O)O)[C@@H](O)[C@H](O)[C@H]1O. The molecule has 0 bridgehead atoms. The number of carbonyl (C=O) groups excluding carboxylic acids is 1. The van der Waals surface area contributed by atoms with Crippen LogP contribution in [0.3, 0.4) is 0 Å². The predicted octanol–water partition coefficient (Wildman–Crippen LogP) is -1.74. The van der Waals surface area contributed by atoms with Gasteiger partial charge in [0, 0.05) is 11.3 Å². The molecule has 0 spiro atoms. The number of Topliss-reactive ketones (excluding diaryl/α,β-unsaturated/α-hetero) is 1. The van der Waals surface area contributed by atoms with Crippen molar-refractivity contribution in [1.82, 2.24) is 0 Å². The molecule has 0 radical (unpaired) electrons. The van der Waals surface area contributed by atoms with Gasteiger partial charge in [0.1, 0.15) is 30.0 Å². The van der Waals surface area contributed by atoms with Gasteiger partial charge in [-0.25, -0.2) is 4.79 Å². The zero-order chi connectivity index (χ0) is 18.9. The Morgan fingerprint density at radius 3 is 2.36 bits per heavy atom. The Bertz CT molecular complexity index is 588. The first-order chi connectivity index (χ1) is 11.5. The Kier molecular flexibility index (Phi) is 4.26. The van der Waals surface area contributed by atoms with E-state index in [0.717, 1.165) is 0 Å². The maximum absolute atomic E-state index is 12.6. The quantitative estimate of drug-likeness (QED) is 0.393. The zero-order valence-corrected chi connectivity index (χ0v) is 14.2. The molecule has 1 aliphatic heterocycles. The van der Waals surface area contributed by atoms with Crippen molar-refractivity contribution in [2.45, 2.75) is 69.6 Å². The summed E-state index contributed by atoms with van der Waals surface area (Å²) in [5.74, 6) is -2.38. The third-order valence-electron chi connectivity index (χ3n) is 6.11. The molecule has 142 valence electrons. The lowest BCUT2D eigenvalue weighted by molar-refractivity contribution is -0.306. The molecule has 3 aliphatic rings. The predicted molar refractivity (Wildman–Crippen MR) is 80.2 cm³/mol. The van der Waals surface area contributed by atoms with E-state index in [9.17, 15) is 30.0 Å². The summed E-state index contributed by atoms with van der Waals surface area (Å²) in [6.07, 6.45) is -9.31. The Balaban J connectivity index is 1.85. The van der Waals surface area contributed by atoms with Crippen molar-refractivity contribution >= 4 is 11.8 Å². The standard InChI is InChI=1S/C16H24O9/c1-5(2)16-4-6(16)15(3,23)11(20)12(16)25-14-9(19)7(17)8(18)10(24-14)13(21)22/h5-10,12,14,17-19,23H,4H2,1-3H3,(H,21,22)/t6-,7+,8+,9-,10+,12-,14?,15+,16+/m1/s1. The number of aliphatic carboxylic acids is 1. The number of fused-ring (bicyclic) bond motifs is 1. The van der Waals surface area contributed by atoms with E-state index in [1.165, 1.54) is 6.92 Å². The lowest BCUT2D eigenvalue weighted by Gasteiger charge is -2.40. The van der Waals surface area contributed by atoms with E-state index < -0.39 is 59.6 Å². The highest BCUT2D eigenvalue weighted by molar-refractivity contribution is 5.96. The third-order valence-corrected chi connectivity index (χ3v) is 6.11. The number of ketones is 1. The van der Waals surface area contributed by atoms with Crippen LogP contribution in [0.5, 0.6) is 0 Å². The maximum Gasteiger partial charge on any atom is 0.335 e. The lowest BCUT2D eigenvalue weighted by Crippen LogP contribution is -2.61. The van der Waals surface area contributed by atoms with E-state index in [0.29, 0.717) is 6.42 Å². The summed E-state index contributed by atoms with van der Waals surface area (Å²) in [7, 11) is 0. The molecule has 1 heterocycles. The number of ether oxygens (including phenoxy) is 2. The summed E-state index contributed by atoms with van der Waals surface area (Å²) in [4.78, 5) is 23.7. The second-order valence-corrected chi connectivity index (χ2v) is 7.79. The van der Waals surface area contributed by atoms with Gasteiger partial charge in [0.15, 0.2) is 18.2 Å². The van der Waals surface area contributed by atoms with Crippen LogP contribution >= 0.6 is 0 Å². The molecule has 2 aliphatic carbocycles. The number of carbonyl (C=O) groups is 2. The zero-order valence-electron chi connectivity index (χ0n) is 14.2. The summed E-state index contributed by atoms with van der Waals surface area (Å²) in [5.41, 5.74) is -2.19. The molecule has 3 fully saturated rings. The number of carboxylic acid groups (broad SMARTS) is 1. The highest BCUT2D eigenvalue weighted by atomic mass is 16.7. The van der Waals surface area contributed by atoms with Crippen molar-refractivity contribution < 1.29 is 44.6 Å². The van der Waals surface area contributed by atoms with Gasteiger partial charge >= 0.3 is 5.97 Å². The number of aliphatic hydroxyl groups is 4. The monoisotopic (exact) mass is 360 g/mol. The minimum atomic E-state index is -1.83. The van der Waals surface area contributed by atoms with Crippen LogP contribution in [-0.4, -0.2) is 79.7 Å². The molecule has 25 heavy (non-hydrogen) atoms. The Labute approximate surface area is 144 Å². The summed E-state index contributed by atoms with van der Waals surface area (Å²) < 4.78 is 10.7. The van der Waals surface area contributed by atoms with Crippen LogP contribution < -0.4 is 0 Å². The summed E-state index contributed by atoms with van der Waals surface area (Å²) in [6, 6.07) is 0. The lowest BCUT2D eigenvalue weighted by atomic mass is 9.87. The van der Waals surface area contributed by atoms with Crippen LogP contribution in [-0.2, 0) is 19.1 Å². The fourth-order valence-electron chi connectivity index (χ4n) is 4.42. The maximum atomic E-state index is 12.6. The molecule has 5 N–H and O–H groups in total. The van der Waals surface area contributed by atoms with Gasteiger partial charge in [0.2, 0.25) is 0 Å². The minimum Gasteiger partial charge on any atom is -0.479 e. The van der Waals surface area contributed by atoms with Gasteiger partial charge in [-0.15, -0.1) is 0 Å². The molecule has 2 saturated carbocycles. The van der Waals surface area contributed by atoms with Crippen molar-refractivity contribution in [3.05, 3.63) is 0 Å². The van der Waals surface area contributed by atoms with Crippen LogP contribution in [0, 0.1) is 17.3 Å². The number of carboxylic acids is 1. The molecule has 0 aromatic carbocycles. The fourth-order valence-corrected chi connectivity index (χ4v) is 4.42. The summed E-state index contributed by atoms with van der Waals surface area (Å²) >= 11 is 0. The van der Waals surface area contributed by atoms with Crippen LogP contribution in [0.25, 0.3) is 0 Å². The number of aliphatic hydroxyl groups excluding tert-OH is 3. The largest absolute Gasteiger partial charge is 0.479 e. The van der Waals surface area contributed by atoms with E-state index in [-0.39, 0.29) is 11.8 Å². The Morgan fingerprint density at radius 1 is 1.24 bits per heavy atom. The molecule has 1 unspecified atom stereocenters. The number of hydrogen-bond acceptors (Lipinski definition) is 8. The van der Waals surface area contributed by atoms with Gasteiger partial charge in [0.25, 0.3) is 0 Å². The van der Waals surface area contributed by atoms with E-state index in [4.69, 9.17) is 14.6 Å². The Hall–Kier alpha value is -1.10. The smallest absolute Gasteiger partial charge is 0.335 e. The van der Waals surface area contributed by atoms with Crippen LogP contribution in [0.1, 0.15) is 27.2 Å². The topological polar surface area (TPSA) is 154 Å². The minimum absolute atomic E-state index is 0.00746. The normalized spacial score (nSPS) is 52.3.